The van der Waals surface area contributed by atoms with Gasteiger partial charge in [0.25, 0.3) is 0 Å². The van der Waals surface area contributed by atoms with Gasteiger partial charge in [-0.2, -0.15) is 0 Å². The predicted octanol–water partition coefficient (Wildman–Crippen LogP) is 8.93. The van der Waals surface area contributed by atoms with Crippen LogP contribution in [0.15, 0.2) is 24.8 Å². The van der Waals surface area contributed by atoms with Crippen LogP contribution in [0.4, 0.5) is 0 Å². The smallest absolute Gasteiger partial charge is 0.0180 e. The van der Waals surface area contributed by atoms with Crippen LogP contribution in [0.3, 0.4) is 0 Å². The first-order chi connectivity index (χ1) is 10.3. The molecule has 0 saturated carbocycles. The molecule has 134 valence electrons. The molecule has 0 heteroatoms. The molecule has 21 heavy (non-hydrogen) atoms. The molecule has 2 atom stereocenters. The van der Waals surface area contributed by atoms with E-state index >= 15 is 0 Å². The number of hydrogen-bond acceptors (Lipinski definition) is 0. The van der Waals surface area contributed by atoms with E-state index in [1.807, 2.05) is 69.2 Å². The number of hydrogen-bond donors (Lipinski definition) is 0. The molecule has 0 saturated heterocycles. The van der Waals surface area contributed by atoms with Gasteiger partial charge in [-0.25, -0.2) is 0 Å². The fraction of sp³-hybridized carbons (Fsp3) is 0.810. The molecule has 0 bridgehead atoms. The first-order valence-corrected chi connectivity index (χ1v) is 9.42. The molecular weight excluding hydrogens is 252 g/mol. The Morgan fingerprint density at radius 1 is 0.857 bits per heavy atom. The van der Waals surface area contributed by atoms with Crippen molar-refractivity contribution in [1.29, 1.82) is 0 Å². The Balaban J connectivity index is -0.0000000400. The molecule has 0 radical (unpaired) electrons. The summed E-state index contributed by atoms with van der Waals surface area (Å²) in [5, 5.41) is 0. The summed E-state index contributed by atoms with van der Waals surface area (Å²) in [6.07, 6.45) is 5.02. The monoisotopic (exact) mass is 302 g/mol. The largest absolute Gasteiger partial charge is 0.106 e. The van der Waals surface area contributed by atoms with Crippen molar-refractivity contribution in [3.05, 3.63) is 24.8 Å². The summed E-state index contributed by atoms with van der Waals surface area (Å²) in [5.74, 6) is 1.81. The molecule has 0 spiro atoms. The zero-order valence-electron chi connectivity index (χ0n) is 18.1. The molecule has 0 aromatic rings. The van der Waals surface area contributed by atoms with Crippen LogP contribution in [0.25, 0.3) is 0 Å². The first kappa shape index (κ1) is 37.1. The molecule has 2 unspecified atom stereocenters. The summed E-state index contributed by atoms with van der Waals surface area (Å²) in [7, 11) is 0. The van der Waals surface area contributed by atoms with E-state index in [0.717, 1.165) is 11.8 Å². The third-order valence-electron chi connectivity index (χ3n) is 2.52. The van der Waals surface area contributed by atoms with Crippen molar-refractivity contribution in [1.82, 2.24) is 0 Å². The Labute approximate surface area is 140 Å². The molecule has 0 aliphatic heterocycles. The highest BCUT2D eigenvalue weighted by Gasteiger charge is 2.20. The Kier molecular flexibility index (Phi) is 89.1. The average molecular weight is 303 g/mol. The van der Waals surface area contributed by atoms with E-state index in [2.05, 4.69) is 40.0 Å². The summed E-state index contributed by atoms with van der Waals surface area (Å²) in [4.78, 5) is 0. The van der Waals surface area contributed by atoms with Crippen molar-refractivity contribution < 1.29 is 0 Å². The van der Waals surface area contributed by atoms with Crippen LogP contribution in [0.2, 0.25) is 0 Å². The van der Waals surface area contributed by atoms with Crippen LogP contribution in [-0.4, -0.2) is 0 Å². The molecule has 0 heterocycles. The molecule has 0 amide bonds. The van der Waals surface area contributed by atoms with Crippen molar-refractivity contribution in [3.8, 4) is 0 Å². The van der Waals surface area contributed by atoms with Crippen LogP contribution in [0, 0.1) is 11.8 Å². The second-order valence-corrected chi connectivity index (χ2v) is 3.18. The van der Waals surface area contributed by atoms with Gasteiger partial charge in [0.1, 0.15) is 0 Å². The van der Waals surface area contributed by atoms with Gasteiger partial charge in [0.15, 0.2) is 0 Å². The van der Waals surface area contributed by atoms with E-state index in [-0.39, 0.29) is 0 Å². The SMILES string of the molecule is C=C.CC.CC.CC.CC.CC.CCC1C(C)=CCC1C. The molecular formula is C21H50. The van der Waals surface area contributed by atoms with Crippen LogP contribution < -0.4 is 0 Å². The van der Waals surface area contributed by atoms with Gasteiger partial charge in [0.05, 0.1) is 0 Å². The standard InChI is InChI=1S/C9H16.5C2H6.C2H4/c1-4-9-7(2)5-6-8(9)3;6*1-2/h5,8-9H,4,6H2,1-3H3;5*1-2H3;1-2H2. The van der Waals surface area contributed by atoms with Gasteiger partial charge in [0.2, 0.25) is 0 Å². The van der Waals surface area contributed by atoms with E-state index in [1.54, 1.807) is 5.57 Å². The lowest BCUT2D eigenvalue weighted by atomic mass is 9.91. The van der Waals surface area contributed by atoms with Gasteiger partial charge in [0, 0.05) is 0 Å². The Bertz CT molecular complexity index is 133. The second-order valence-electron chi connectivity index (χ2n) is 3.18. The maximum absolute atomic E-state index is 3.00. The first-order valence-electron chi connectivity index (χ1n) is 9.42. The van der Waals surface area contributed by atoms with Crippen molar-refractivity contribution >= 4 is 0 Å². The molecule has 1 aliphatic carbocycles. The summed E-state index contributed by atoms with van der Waals surface area (Å²) >= 11 is 0. The molecule has 1 aliphatic rings. The van der Waals surface area contributed by atoms with Crippen molar-refractivity contribution in [2.75, 3.05) is 0 Å². The maximum Gasteiger partial charge on any atom is -0.0180 e. The minimum atomic E-state index is 0.894. The van der Waals surface area contributed by atoms with E-state index in [4.69, 9.17) is 0 Å². The second kappa shape index (κ2) is 50.5. The van der Waals surface area contributed by atoms with Crippen molar-refractivity contribution in [3.63, 3.8) is 0 Å². The van der Waals surface area contributed by atoms with Gasteiger partial charge >= 0.3 is 0 Å². The van der Waals surface area contributed by atoms with E-state index in [1.165, 1.54) is 12.8 Å². The molecule has 0 N–H and O–H groups in total. The molecule has 0 aromatic carbocycles. The van der Waals surface area contributed by atoms with Crippen LogP contribution in [0.1, 0.15) is 103 Å². The summed E-state index contributed by atoms with van der Waals surface area (Å²) in [6.45, 7) is 32.9. The minimum Gasteiger partial charge on any atom is -0.106 e. The van der Waals surface area contributed by atoms with E-state index in [0.29, 0.717) is 0 Å². The van der Waals surface area contributed by atoms with Gasteiger partial charge < -0.3 is 0 Å². The summed E-state index contributed by atoms with van der Waals surface area (Å²) < 4.78 is 0. The molecule has 0 nitrogen and oxygen atoms in total. The van der Waals surface area contributed by atoms with Gasteiger partial charge in [-0.15, -0.1) is 13.2 Å². The predicted molar refractivity (Wildman–Crippen MR) is 109 cm³/mol. The zero-order valence-corrected chi connectivity index (χ0v) is 18.1. The summed E-state index contributed by atoms with van der Waals surface area (Å²) in [5.41, 5.74) is 1.62. The van der Waals surface area contributed by atoms with Crippen molar-refractivity contribution in [2.24, 2.45) is 11.8 Å². The van der Waals surface area contributed by atoms with Crippen LogP contribution in [-0.2, 0) is 0 Å². The van der Waals surface area contributed by atoms with Crippen molar-refractivity contribution in [2.45, 2.75) is 103 Å². The molecule has 1 rings (SSSR count). The lowest BCUT2D eigenvalue weighted by molar-refractivity contribution is 0.434. The normalized spacial score (nSPS) is 16.5. The Hall–Kier alpha value is -0.520. The van der Waals surface area contributed by atoms with Gasteiger partial charge in [-0.3, -0.25) is 0 Å². The van der Waals surface area contributed by atoms with Crippen LogP contribution >= 0.6 is 0 Å². The van der Waals surface area contributed by atoms with E-state index < -0.39 is 0 Å². The maximum atomic E-state index is 3.00. The topological polar surface area (TPSA) is 0 Å². The quantitative estimate of drug-likeness (QED) is 0.424. The number of allylic oxidation sites excluding steroid dienone is 2. The third-order valence-corrected chi connectivity index (χ3v) is 2.52. The van der Waals surface area contributed by atoms with Gasteiger partial charge in [-0.05, 0) is 31.6 Å². The Morgan fingerprint density at radius 2 is 1.14 bits per heavy atom. The number of rotatable bonds is 1. The minimum absolute atomic E-state index is 0.894. The molecule has 0 aromatic heterocycles. The van der Waals surface area contributed by atoms with E-state index in [9.17, 15) is 0 Å². The van der Waals surface area contributed by atoms with Crippen LogP contribution in [0.5, 0.6) is 0 Å². The molecule has 0 fully saturated rings. The highest BCUT2D eigenvalue weighted by Crippen LogP contribution is 2.32. The fourth-order valence-corrected chi connectivity index (χ4v) is 1.86. The Morgan fingerprint density at radius 3 is 1.24 bits per heavy atom. The third kappa shape index (κ3) is 28.4. The highest BCUT2D eigenvalue weighted by molar-refractivity contribution is 5.11. The fourth-order valence-electron chi connectivity index (χ4n) is 1.86. The average Bonchev–Trinajstić information content (AvgIpc) is 2.96. The van der Waals surface area contributed by atoms with Gasteiger partial charge in [-0.1, -0.05) is 94.7 Å². The summed E-state index contributed by atoms with van der Waals surface area (Å²) in [6, 6.07) is 0. The highest BCUT2D eigenvalue weighted by atomic mass is 14.3. The lowest BCUT2D eigenvalue weighted by Crippen LogP contribution is -2.04. The zero-order chi connectivity index (χ0) is 18.9. The lowest BCUT2D eigenvalue weighted by Gasteiger charge is -2.14.